The van der Waals surface area contributed by atoms with Crippen molar-refractivity contribution in [3.8, 4) is 11.3 Å². The molecule has 1 saturated heterocycles. The third kappa shape index (κ3) is 3.92. The minimum Gasteiger partial charge on any atom is -0.391 e. The van der Waals surface area contributed by atoms with Gasteiger partial charge in [0.05, 0.1) is 10.6 Å². The van der Waals surface area contributed by atoms with Gasteiger partial charge in [0.25, 0.3) is 5.91 Å². The Labute approximate surface area is 148 Å². The van der Waals surface area contributed by atoms with E-state index in [0.717, 1.165) is 5.56 Å². The summed E-state index contributed by atoms with van der Waals surface area (Å²) >= 11 is 3.44. The molecule has 2 heterocycles. The first-order valence-electron chi connectivity index (χ1n) is 7.13. The lowest BCUT2D eigenvalue weighted by Gasteiger charge is -2.13. The van der Waals surface area contributed by atoms with Crippen molar-refractivity contribution in [3.05, 3.63) is 40.5 Å². The van der Waals surface area contributed by atoms with E-state index in [1.165, 1.54) is 0 Å². The molecule has 1 fully saturated rings. The molecule has 0 spiro atoms. The fraction of sp³-hybridized carbons (Fsp3) is 0.333. The molecule has 1 aromatic carbocycles. The van der Waals surface area contributed by atoms with E-state index in [0.29, 0.717) is 35.5 Å². The van der Waals surface area contributed by atoms with Crippen LogP contribution in [-0.4, -0.2) is 46.9 Å². The Morgan fingerprint density at radius 3 is 2.74 bits per heavy atom. The SMILES string of the molecule is Cl.O=C(NCC1CNCC1O)c1[nH]nc(-c2ccccc2)c1Br. The highest BCUT2D eigenvalue weighted by Crippen LogP contribution is 2.28. The maximum Gasteiger partial charge on any atom is 0.270 e. The van der Waals surface area contributed by atoms with Crippen LogP contribution < -0.4 is 10.6 Å². The van der Waals surface area contributed by atoms with Crippen molar-refractivity contribution in [2.75, 3.05) is 19.6 Å². The van der Waals surface area contributed by atoms with Gasteiger partial charge in [-0.1, -0.05) is 30.3 Å². The Bertz CT molecular complexity index is 665. The van der Waals surface area contributed by atoms with Crippen LogP contribution in [0, 0.1) is 5.92 Å². The lowest BCUT2D eigenvalue weighted by atomic mass is 10.1. The maximum absolute atomic E-state index is 12.3. The molecule has 124 valence electrons. The summed E-state index contributed by atoms with van der Waals surface area (Å²) in [5, 5.41) is 22.6. The van der Waals surface area contributed by atoms with E-state index < -0.39 is 6.10 Å². The first-order chi connectivity index (χ1) is 10.7. The number of H-pyrrole nitrogens is 1. The van der Waals surface area contributed by atoms with E-state index >= 15 is 0 Å². The highest BCUT2D eigenvalue weighted by Gasteiger charge is 2.26. The molecule has 0 bridgehead atoms. The van der Waals surface area contributed by atoms with Crippen molar-refractivity contribution in [1.29, 1.82) is 0 Å². The number of hydrogen-bond donors (Lipinski definition) is 4. The largest absolute Gasteiger partial charge is 0.391 e. The van der Waals surface area contributed by atoms with Crippen LogP contribution in [0.4, 0.5) is 0 Å². The van der Waals surface area contributed by atoms with Crippen LogP contribution in [0.5, 0.6) is 0 Å². The standard InChI is InChI=1S/C15H17BrN4O2.ClH/c16-12-13(9-4-2-1-3-5-9)19-20-14(12)15(22)18-7-10-6-17-8-11(10)21;/h1-5,10-11,17,21H,6-8H2,(H,18,22)(H,19,20);1H. The molecule has 2 unspecified atom stereocenters. The number of aromatic amines is 1. The van der Waals surface area contributed by atoms with Gasteiger partial charge in [-0.3, -0.25) is 9.89 Å². The van der Waals surface area contributed by atoms with Crippen LogP contribution >= 0.6 is 28.3 Å². The monoisotopic (exact) mass is 400 g/mol. The Morgan fingerprint density at radius 2 is 2.09 bits per heavy atom. The van der Waals surface area contributed by atoms with Gasteiger partial charge in [-0.15, -0.1) is 12.4 Å². The van der Waals surface area contributed by atoms with Crippen molar-refractivity contribution in [1.82, 2.24) is 20.8 Å². The van der Waals surface area contributed by atoms with Crippen molar-refractivity contribution in [2.24, 2.45) is 5.92 Å². The molecule has 0 radical (unpaired) electrons. The second-order valence-corrected chi connectivity index (χ2v) is 6.12. The zero-order chi connectivity index (χ0) is 15.5. The number of carbonyl (C=O) groups excluding carboxylic acids is 1. The highest BCUT2D eigenvalue weighted by molar-refractivity contribution is 9.10. The summed E-state index contributed by atoms with van der Waals surface area (Å²) in [6, 6.07) is 9.64. The molecule has 6 nitrogen and oxygen atoms in total. The van der Waals surface area contributed by atoms with Gasteiger partial charge >= 0.3 is 0 Å². The highest BCUT2D eigenvalue weighted by atomic mass is 79.9. The molecule has 8 heteroatoms. The van der Waals surface area contributed by atoms with Crippen molar-refractivity contribution in [3.63, 3.8) is 0 Å². The molecular formula is C15H18BrClN4O2. The number of β-amino-alcohol motifs (C(OH)–C–C–N with tert-alkyl or cyclic N) is 1. The Morgan fingerprint density at radius 1 is 1.35 bits per heavy atom. The second-order valence-electron chi connectivity index (χ2n) is 5.32. The molecule has 2 aromatic rings. The molecule has 0 aliphatic carbocycles. The first kappa shape index (κ1) is 17.9. The summed E-state index contributed by atoms with van der Waals surface area (Å²) in [5.41, 5.74) is 2.02. The minimum absolute atomic E-state index is 0. The van der Waals surface area contributed by atoms with Crippen molar-refractivity contribution < 1.29 is 9.90 Å². The number of aliphatic hydroxyl groups is 1. The summed E-state index contributed by atoms with van der Waals surface area (Å²) in [4.78, 5) is 12.3. The number of benzene rings is 1. The molecule has 4 N–H and O–H groups in total. The number of carbonyl (C=O) groups is 1. The Hall–Kier alpha value is -1.41. The van der Waals surface area contributed by atoms with E-state index in [1.54, 1.807) is 0 Å². The number of amides is 1. The van der Waals surface area contributed by atoms with Crippen molar-refractivity contribution >= 4 is 34.2 Å². The maximum atomic E-state index is 12.3. The number of hydrogen-bond acceptors (Lipinski definition) is 4. The average molecular weight is 402 g/mol. The number of rotatable bonds is 4. The number of aliphatic hydroxyl groups excluding tert-OH is 1. The van der Waals surface area contributed by atoms with Crippen LogP contribution in [-0.2, 0) is 0 Å². The lowest BCUT2D eigenvalue weighted by molar-refractivity contribution is 0.0921. The average Bonchev–Trinajstić information content (AvgIpc) is 3.12. The van der Waals surface area contributed by atoms with Crippen LogP contribution in [0.1, 0.15) is 10.5 Å². The zero-order valence-electron chi connectivity index (χ0n) is 12.3. The van der Waals surface area contributed by atoms with E-state index in [1.807, 2.05) is 30.3 Å². The second kappa shape index (κ2) is 7.92. The molecule has 3 rings (SSSR count). The molecule has 1 amide bonds. The summed E-state index contributed by atoms with van der Waals surface area (Å²) in [6.45, 7) is 1.71. The Kier molecular flexibility index (Phi) is 6.17. The fourth-order valence-electron chi connectivity index (χ4n) is 2.51. The topological polar surface area (TPSA) is 90.0 Å². The number of nitrogens with one attached hydrogen (secondary N) is 3. The van der Waals surface area contributed by atoms with E-state index in [9.17, 15) is 9.90 Å². The van der Waals surface area contributed by atoms with Gasteiger partial charge in [-0.25, -0.2) is 0 Å². The molecular weight excluding hydrogens is 384 g/mol. The van der Waals surface area contributed by atoms with E-state index in [2.05, 4.69) is 36.8 Å². The van der Waals surface area contributed by atoms with Gasteiger partial charge in [-0.05, 0) is 15.9 Å². The van der Waals surface area contributed by atoms with Gasteiger partial charge < -0.3 is 15.7 Å². The fourth-order valence-corrected chi connectivity index (χ4v) is 3.09. The first-order valence-corrected chi connectivity index (χ1v) is 7.92. The van der Waals surface area contributed by atoms with Crippen LogP contribution in [0.2, 0.25) is 0 Å². The van der Waals surface area contributed by atoms with Gasteiger partial charge in [0, 0.05) is 31.1 Å². The molecule has 1 aromatic heterocycles. The quantitative estimate of drug-likeness (QED) is 0.626. The summed E-state index contributed by atoms with van der Waals surface area (Å²) < 4.78 is 0.640. The smallest absolute Gasteiger partial charge is 0.270 e. The molecule has 1 aliphatic heterocycles. The predicted octanol–water partition coefficient (Wildman–Crippen LogP) is 1.57. The number of nitrogens with zero attached hydrogens (tertiary/aromatic N) is 1. The van der Waals surface area contributed by atoms with Crippen LogP contribution in [0.15, 0.2) is 34.8 Å². The van der Waals surface area contributed by atoms with Gasteiger partial charge in [-0.2, -0.15) is 5.10 Å². The van der Waals surface area contributed by atoms with Crippen LogP contribution in [0.25, 0.3) is 11.3 Å². The molecule has 1 aliphatic rings. The third-order valence-electron chi connectivity index (χ3n) is 3.81. The minimum atomic E-state index is -0.412. The van der Waals surface area contributed by atoms with Gasteiger partial charge in [0.2, 0.25) is 0 Å². The van der Waals surface area contributed by atoms with Crippen LogP contribution in [0.3, 0.4) is 0 Å². The van der Waals surface area contributed by atoms with Gasteiger partial charge in [0.1, 0.15) is 11.4 Å². The van der Waals surface area contributed by atoms with E-state index in [-0.39, 0.29) is 24.2 Å². The molecule has 23 heavy (non-hydrogen) atoms. The zero-order valence-corrected chi connectivity index (χ0v) is 14.7. The van der Waals surface area contributed by atoms with Crippen molar-refractivity contribution in [2.45, 2.75) is 6.10 Å². The van der Waals surface area contributed by atoms with E-state index in [4.69, 9.17) is 0 Å². The molecule has 2 atom stereocenters. The summed E-state index contributed by atoms with van der Waals surface area (Å²) in [7, 11) is 0. The normalized spacial score (nSPS) is 20.1. The number of aromatic nitrogens is 2. The van der Waals surface area contributed by atoms with Gasteiger partial charge in [0.15, 0.2) is 0 Å². The molecule has 0 saturated carbocycles. The summed E-state index contributed by atoms with van der Waals surface area (Å²) in [6.07, 6.45) is -0.412. The number of halogens is 2. The predicted molar refractivity (Wildman–Crippen MR) is 93.7 cm³/mol. The summed E-state index contributed by atoms with van der Waals surface area (Å²) in [5.74, 6) is -0.195. The third-order valence-corrected chi connectivity index (χ3v) is 4.58. The Balaban J connectivity index is 0.00000192. The lowest BCUT2D eigenvalue weighted by Crippen LogP contribution is -2.34.